The van der Waals surface area contributed by atoms with Crippen molar-refractivity contribution in [2.75, 3.05) is 100 Å². The number of anilines is 3. The van der Waals surface area contributed by atoms with Crippen LogP contribution in [0.25, 0.3) is 49.4 Å². The molecular formula is C102H155N9O3Y2-4. The number of pyridine rings is 3. The number of fused-ring (bicyclic) bond motifs is 3. The number of aromatic nitrogens is 3. The van der Waals surface area contributed by atoms with Gasteiger partial charge in [0.2, 0.25) is 0 Å². The number of benzene rings is 8. The summed E-state index contributed by atoms with van der Waals surface area (Å²) in [5.74, 6) is 0. The molecule has 3 saturated heterocycles. The Morgan fingerprint density at radius 1 is 0.397 bits per heavy atom. The van der Waals surface area contributed by atoms with Gasteiger partial charge in [-0.15, -0.1) is 49.9 Å². The molecule has 8 aromatic carbocycles. The molecule has 0 unspecified atom stereocenters. The summed E-state index contributed by atoms with van der Waals surface area (Å²) in [6.45, 7) is 67.7. The Hall–Kier alpha value is -7.90. The van der Waals surface area contributed by atoms with Crippen LogP contribution >= 0.6 is 0 Å². The Morgan fingerprint density at radius 3 is 1.09 bits per heavy atom. The second-order valence-electron chi connectivity index (χ2n) is 21.4. The topological polar surface area (TPSA) is 132 Å². The van der Waals surface area contributed by atoms with E-state index in [0.717, 1.165) is 141 Å². The molecule has 636 valence electrons. The van der Waals surface area contributed by atoms with Gasteiger partial charge in [-0.3, -0.25) is 19.7 Å². The Morgan fingerprint density at radius 2 is 0.750 bits per heavy atom. The number of nitrogens with one attached hydrogen (secondary N) is 1. The third kappa shape index (κ3) is 56.4. The molecule has 116 heavy (non-hydrogen) atoms. The van der Waals surface area contributed by atoms with Crippen LogP contribution in [0.4, 0.5) is 17.1 Å². The molecule has 3 aromatic heterocycles. The Labute approximate surface area is 760 Å². The summed E-state index contributed by atoms with van der Waals surface area (Å²) in [6.07, 6.45) is 9.54. The first-order valence-corrected chi connectivity index (χ1v) is 42.0. The second kappa shape index (κ2) is 92.6. The minimum atomic E-state index is 0. The van der Waals surface area contributed by atoms with Crippen LogP contribution in [0, 0.1) is 27.7 Å². The van der Waals surface area contributed by atoms with Gasteiger partial charge >= 0.3 is 0 Å². The number of aldehydes is 2. The van der Waals surface area contributed by atoms with Gasteiger partial charge in [-0.05, 0) is 123 Å². The summed E-state index contributed by atoms with van der Waals surface area (Å²) in [7, 11) is 1.64. The van der Waals surface area contributed by atoms with Crippen molar-refractivity contribution < 1.29 is 79.7 Å². The number of rotatable bonds is 8. The Balaban J connectivity index is -0.000000187. The van der Waals surface area contributed by atoms with Crippen molar-refractivity contribution in [2.24, 2.45) is 0 Å². The summed E-state index contributed by atoms with van der Waals surface area (Å²) in [5.41, 5.74) is 14.6. The maximum absolute atomic E-state index is 10.0. The number of nitrogens with zero attached hydrogens (tertiary/aromatic N) is 8. The number of piperazine rings is 3. The molecule has 11 aromatic rings. The number of carbonyl (C=O) groups excluding carboxylic acids is 2. The van der Waals surface area contributed by atoms with Gasteiger partial charge in [-0.25, -0.2) is 0 Å². The van der Waals surface area contributed by atoms with Crippen LogP contribution in [-0.2, 0) is 81.4 Å². The molecule has 0 saturated carbocycles. The van der Waals surface area contributed by atoms with Crippen molar-refractivity contribution >= 4 is 68.4 Å². The van der Waals surface area contributed by atoms with Crippen LogP contribution in [0.5, 0.6) is 0 Å². The molecule has 6 heterocycles. The standard InChI is InChI=1S/C14H17N3.2C13H14N3.C9H10O.C8H8O.C8H9.C7H6O.C7H7.11C2H6.CH4.2Y/c1-11-5-6-12-13(16-11)3-2-4-14(12)17-9-7-15-8-10-17;2*1-4-12-11(3-2-6-15-12)13(5-1)16-9-7-14-8-10-16;1-10-8-7-9-5-3-2-4-6-9;9-7-6-8-4-2-1-3-5-8;1-7-4-3-5-8(2)6-7;8-6-7-4-2-1-3-5-7;1-7-5-3-2-4-6-7;11*1-2;;;/h2-6,15H,7-10H2,1H3;2*1-6H,7-10H2;2-8H,1H3;1-5,7H,6H2;3-6H,1H2,2H3;1-6H;2-6H,1H2;11*1-2H3;1H4;;/q;2*-1;;;-1;;-1;;;;;;;;;;;;;;/b;;;8-7+;;;;;;;;;;;;;;;;;;. The minimum absolute atomic E-state index is 0. The predicted octanol–water partition coefficient (Wildman–Crippen LogP) is 28.0. The number of hydrogen-bond acceptors (Lipinski definition) is 10. The van der Waals surface area contributed by atoms with Crippen LogP contribution in [0.3, 0.4) is 0 Å². The van der Waals surface area contributed by atoms with E-state index in [1.165, 1.54) is 38.8 Å². The number of hydrogen-bond donors (Lipinski definition) is 1. The first-order valence-electron chi connectivity index (χ1n) is 42.0. The quantitative estimate of drug-likeness (QED) is 0.0891. The molecule has 12 nitrogen and oxygen atoms in total. The fourth-order valence-electron chi connectivity index (χ4n) is 9.99. The van der Waals surface area contributed by atoms with E-state index in [1.54, 1.807) is 25.5 Å². The Bertz CT molecular complexity index is 3730. The third-order valence-corrected chi connectivity index (χ3v) is 14.6. The number of methoxy groups -OCH3 is 1. The van der Waals surface area contributed by atoms with Gasteiger partial charge in [0.05, 0.1) is 29.9 Å². The first-order chi connectivity index (χ1) is 55.7. The van der Waals surface area contributed by atoms with E-state index in [1.807, 2.05) is 311 Å². The molecule has 3 aliphatic heterocycles. The fourth-order valence-corrected chi connectivity index (χ4v) is 9.99. The van der Waals surface area contributed by atoms with Gasteiger partial charge in [0.1, 0.15) is 12.6 Å². The van der Waals surface area contributed by atoms with Gasteiger partial charge in [0.15, 0.2) is 0 Å². The smallest absolute Gasteiger partial charge is 0.150 e. The summed E-state index contributed by atoms with van der Waals surface area (Å²) in [5, 5.41) is 15.9. The zero-order chi connectivity index (χ0) is 85.9. The molecule has 14 rings (SSSR count). The minimum Gasteiger partial charge on any atom is -0.659 e. The van der Waals surface area contributed by atoms with E-state index in [4.69, 9.17) is 4.74 Å². The molecule has 0 atom stereocenters. The van der Waals surface area contributed by atoms with Gasteiger partial charge in [-0.1, -0.05) is 288 Å². The van der Waals surface area contributed by atoms with Gasteiger partial charge in [-0.2, -0.15) is 49.2 Å². The summed E-state index contributed by atoms with van der Waals surface area (Å²) in [4.78, 5) is 40.6. The number of aryl methyl sites for hydroxylation is 2. The molecule has 2 radical (unpaired) electrons. The summed E-state index contributed by atoms with van der Waals surface area (Å²) < 4.78 is 4.77. The van der Waals surface area contributed by atoms with Crippen LogP contribution in [-0.4, -0.2) is 113 Å². The van der Waals surface area contributed by atoms with E-state index >= 15 is 0 Å². The molecular weight excluding hydrogens is 1580 g/mol. The van der Waals surface area contributed by atoms with Gasteiger partial charge < -0.3 is 40.2 Å². The van der Waals surface area contributed by atoms with Crippen LogP contribution in [0.1, 0.15) is 204 Å². The number of carbonyl (C=O) groups is 2. The van der Waals surface area contributed by atoms with Crippen LogP contribution in [0.15, 0.2) is 255 Å². The van der Waals surface area contributed by atoms with Gasteiger partial charge in [0, 0.05) is 155 Å². The van der Waals surface area contributed by atoms with Crippen molar-refractivity contribution in [3.05, 3.63) is 319 Å². The Kier molecular flexibility index (Phi) is 98.8. The molecule has 3 fully saturated rings. The van der Waals surface area contributed by atoms with E-state index < -0.39 is 0 Å². The average molecular weight is 1730 g/mol. The van der Waals surface area contributed by atoms with Crippen LogP contribution < -0.4 is 20.0 Å². The average Bonchev–Trinajstić information content (AvgIpc) is 0.801. The van der Waals surface area contributed by atoms with Crippen molar-refractivity contribution in [1.82, 2.24) is 20.3 Å². The van der Waals surface area contributed by atoms with E-state index in [-0.39, 0.29) is 72.8 Å². The monoisotopic (exact) mass is 1730 g/mol. The fraction of sp³-hybridized carbons (Fsp3) is 0.382. The van der Waals surface area contributed by atoms with Crippen LogP contribution in [0.2, 0.25) is 0 Å². The van der Waals surface area contributed by atoms with Crippen molar-refractivity contribution in [2.45, 2.75) is 180 Å². The van der Waals surface area contributed by atoms with E-state index in [9.17, 15) is 9.59 Å². The number of ether oxygens (including phenoxy) is 1. The summed E-state index contributed by atoms with van der Waals surface area (Å²) >= 11 is 0. The zero-order valence-electron chi connectivity index (χ0n) is 76.0. The molecule has 3 aliphatic rings. The zero-order valence-corrected chi connectivity index (χ0v) is 81.7. The molecule has 0 amide bonds. The maximum Gasteiger partial charge on any atom is 0.150 e. The van der Waals surface area contributed by atoms with Crippen molar-refractivity contribution in [3.8, 4) is 0 Å². The predicted molar refractivity (Wildman–Crippen MR) is 514 cm³/mol. The molecule has 0 bridgehead atoms. The molecule has 0 spiro atoms. The largest absolute Gasteiger partial charge is 0.659 e. The first kappa shape index (κ1) is 124. The van der Waals surface area contributed by atoms with Crippen molar-refractivity contribution in [3.63, 3.8) is 0 Å². The maximum atomic E-state index is 10.0. The molecule has 1 N–H and O–H groups in total. The normalized spacial score (nSPS) is 10.9. The van der Waals surface area contributed by atoms with E-state index in [0.29, 0.717) is 6.42 Å². The van der Waals surface area contributed by atoms with Gasteiger partial charge in [0.25, 0.3) is 0 Å². The molecule has 14 heteroatoms. The molecule has 0 aliphatic carbocycles. The third-order valence-electron chi connectivity index (χ3n) is 14.6. The second-order valence-corrected chi connectivity index (χ2v) is 21.4. The van der Waals surface area contributed by atoms with E-state index in [2.05, 4.69) is 157 Å². The summed E-state index contributed by atoms with van der Waals surface area (Å²) in [6, 6.07) is 78.4. The SMILES string of the molecule is C.CC.CC.CC.CC.CC.CC.CC.CC.CC.CC.CC.CO/C=C/c1ccccc1.Cc1ccc2c(N3CCNCC3)cccc2n1.O=CCc1ccccc1.O=Cc1ccccc1.[CH2-]c1cccc(C)c1.[CH2-]c1ccccc1.[Y].[Y].c1cc(N2CC[N-]CC2)c2cccnc2c1.c1cc(N2CC[N-]CC2)c2cccnc2c1. The van der Waals surface area contributed by atoms with Crippen molar-refractivity contribution in [1.29, 1.82) is 0 Å².